The summed E-state index contributed by atoms with van der Waals surface area (Å²) >= 11 is 6.08. The van der Waals surface area contributed by atoms with Crippen molar-refractivity contribution >= 4 is 17.2 Å². The fraction of sp³-hybridized carbons (Fsp3) is 0.263. The molecule has 0 atom stereocenters. The lowest BCUT2D eigenvalue weighted by Gasteiger charge is -2.26. The summed E-state index contributed by atoms with van der Waals surface area (Å²) in [7, 11) is 0. The highest BCUT2D eigenvalue weighted by molar-refractivity contribution is 6.30. The molecule has 4 nitrogen and oxygen atoms in total. The molecule has 0 saturated carbocycles. The van der Waals surface area contributed by atoms with Crippen LogP contribution in [0.3, 0.4) is 0 Å². The SMILES string of the molecule is CC(C)N(Cc1cccc(Cl)c1)Cc1cc(=O)n2ccccc2n1. The fourth-order valence-corrected chi connectivity index (χ4v) is 2.90. The number of rotatable bonds is 5. The van der Waals surface area contributed by atoms with Crippen LogP contribution in [0.2, 0.25) is 5.02 Å². The van der Waals surface area contributed by atoms with Gasteiger partial charge < -0.3 is 0 Å². The molecular weight excluding hydrogens is 322 g/mol. The maximum Gasteiger partial charge on any atom is 0.258 e. The second-order valence-corrected chi connectivity index (χ2v) is 6.58. The molecule has 3 aromatic rings. The molecular formula is C19H20ClN3O. The van der Waals surface area contributed by atoms with E-state index in [-0.39, 0.29) is 5.56 Å². The standard InChI is InChI=1S/C19H20ClN3O/c1-14(2)22(12-15-6-5-7-16(20)10-15)13-17-11-19(24)23-9-4-3-8-18(23)21-17/h3-11,14H,12-13H2,1-2H3. The van der Waals surface area contributed by atoms with Crippen molar-refractivity contribution in [1.82, 2.24) is 14.3 Å². The van der Waals surface area contributed by atoms with E-state index in [2.05, 4.69) is 29.8 Å². The molecule has 0 amide bonds. The van der Waals surface area contributed by atoms with Crippen LogP contribution in [0.15, 0.2) is 59.5 Å². The highest BCUT2D eigenvalue weighted by atomic mass is 35.5. The minimum absolute atomic E-state index is 0.0536. The van der Waals surface area contributed by atoms with Crippen molar-refractivity contribution in [2.45, 2.75) is 33.0 Å². The van der Waals surface area contributed by atoms with Gasteiger partial charge in [0.15, 0.2) is 0 Å². The zero-order valence-corrected chi connectivity index (χ0v) is 14.6. The van der Waals surface area contributed by atoms with E-state index in [0.717, 1.165) is 22.8 Å². The van der Waals surface area contributed by atoms with Crippen LogP contribution in [0.4, 0.5) is 0 Å². The Balaban J connectivity index is 1.87. The summed E-state index contributed by atoms with van der Waals surface area (Å²) in [5.74, 6) is 0. The molecule has 0 spiro atoms. The second-order valence-electron chi connectivity index (χ2n) is 6.14. The third-order valence-corrected chi connectivity index (χ3v) is 4.23. The molecule has 5 heteroatoms. The first-order valence-electron chi connectivity index (χ1n) is 7.99. The summed E-state index contributed by atoms with van der Waals surface area (Å²) < 4.78 is 1.56. The third kappa shape index (κ3) is 3.83. The van der Waals surface area contributed by atoms with E-state index in [9.17, 15) is 4.79 Å². The van der Waals surface area contributed by atoms with Crippen molar-refractivity contribution in [2.75, 3.05) is 0 Å². The summed E-state index contributed by atoms with van der Waals surface area (Å²) in [6, 6.07) is 15.4. The summed E-state index contributed by atoms with van der Waals surface area (Å²) in [5, 5.41) is 0.735. The molecule has 0 bridgehead atoms. The van der Waals surface area contributed by atoms with E-state index < -0.39 is 0 Å². The maximum atomic E-state index is 12.2. The lowest BCUT2D eigenvalue weighted by atomic mass is 10.2. The molecule has 2 heterocycles. The van der Waals surface area contributed by atoms with Crippen molar-refractivity contribution in [3.8, 4) is 0 Å². The first kappa shape index (κ1) is 16.7. The van der Waals surface area contributed by atoms with E-state index in [1.54, 1.807) is 16.7 Å². The normalized spacial score (nSPS) is 11.5. The van der Waals surface area contributed by atoms with E-state index in [1.807, 2.05) is 36.4 Å². The molecule has 0 aliphatic heterocycles. The van der Waals surface area contributed by atoms with Gasteiger partial charge >= 0.3 is 0 Å². The van der Waals surface area contributed by atoms with E-state index >= 15 is 0 Å². The molecule has 3 rings (SSSR count). The number of nitrogens with zero attached hydrogens (tertiary/aromatic N) is 3. The van der Waals surface area contributed by atoms with E-state index in [1.165, 1.54) is 0 Å². The Bertz CT molecular complexity index is 904. The monoisotopic (exact) mass is 341 g/mol. The number of hydrogen-bond acceptors (Lipinski definition) is 3. The molecule has 24 heavy (non-hydrogen) atoms. The molecule has 2 aromatic heterocycles. The molecule has 0 unspecified atom stereocenters. The van der Waals surface area contributed by atoms with Gasteiger partial charge in [-0.2, -0.15) is 0 Å². The number of fused-ring (bicyclic) bond motifs is 1. The average molecular weight is 342 g/mol. The predicted octanol–water partition coefficient (Wildman–Crippen LogP) is 3.76. The second kappa shape index (κ2) is 7.16. The maximum absolute atomic E-state index is 12.2. The van der Waals surface area contributed by atoms with Gasteiger partial charge in [0.1, 0.15) is 5.65 Å². The lowest BCUT2D eigenvalue weighted by molar-refractivity contribution is 0.201. The van der Waals surface area contributed by atoms with Gasteiger partial charge in [-0.3, -0.25) is 14.1 Å². The van der Waals surface area contributed by atoms with Crippen LogP contribution in [0.1, 0.15) is 25.1 Å². The van der Waals surface area contributed by atoms with Crippen LogP contribution in [-0.4, -0.2) is 20.3 Å². The van der Waals surface area contributed by atoms with Crippen molar-refractivity contribution in [1.29, 1.82) is 0 Å². The van der Waals surface area contributed by atoms with Gasteiger partial charge in [-0.1, -0.05) is 29.8 Å². The van der Waals surface area contributed by atoms with Crippen LogP contribution in [0, 0.1) is 0 Å². The smallest absolute Gasteiger partial charge is 0.258 e. The van der Waals surface area contributed by atoms with Gasteiger partial charge in [0, 0.05) is 36.4 Å². The zero-order chi connectivity index (χ0) is 17.1. The Kier molecular flexibility index (Phi) is 4.97. The van der Waals surface area contributed by atoms with Gasteiger partial charge in [0.2, 0.25) is 0 Å². The lowest BCUT2D eigenvalue weighted by Crippen LogP contribution is -2.31. The molecule has 0 radical (unpaired) electrons. The van der Waals surface area contributed by atoms with Crippen molar-refractivity contribution in [3.05, 3.63) is 81.4 Å². The van der Waals surface area contributed by atoms with Crippen molar-refractivity contribution in [2.24, 2.45) is 0 Å². The van der Waals surface area contributed by atoms with Crippen LogP contribution in [0.25, 0.3) is 5.65 Å². The number of benzene rings is 1. The van der Waals surface area contributed by atoms with Gasteiger partial charge in [0.05, 0.1) is 5.69 Å². The number of halogens is 1. The summed E-state index contributed by atoms with van der Waals surface area (Å²) in [4.78, 5) is 19.1. The topological polar surface area (TPSA) is 37.6 Å². The predicted molar refractivity (Wildman–Crippen MR) is 97.3 cm³/mol. The first-order valence-corrected chi connectivity index (χ1v) is 8.36. The molecule has 0 saturated heterocycles. The van der Waals surface area contributed by atoms with E-state index in [0.29, 0.717) is 18.2 Å². The molecule has 0 N–H and O–H groups in total. The van der Waals surface area contributed by atoms with Crippen LogP contribution in [-0.2, 0) is 13.1 Å². The van der Waals surface area contributed by atoms with Crippen LogP contribution < -0.4 is 5.56 Å². The number of hydrogen-bond donors (Lipinski definition) is 0. The van der Waals surface area contributed by atoms with Crippen molar-refractivity contribution in [3.63, 3.8) is 0 Å². The average Bonchev–Trinajstić information content (AvgIpc) is 2.54. The van der Waals surface area contributed by atoms with Gasteiger partial charge in [-0.15, -0.1) is 0 Å². The minimum Gasteiger partial charge on any atom is -0.291 e. The largest absolute Gasteiger partial charge is 0.291 e. The highest BCUT2D eigenvalue weighted by Gasteiger charge is 2.13. The summed E-state index contributed by atoms with van der Waals surface area (Å²) in [5.41, 5.74) is 2.55. The van der Waals surface area contributed by atoms with Crippen LogP contribution >= 0.6 is 11.6 Å². The Morgan fingerprint density at radius 1 is 1.12 bits per heavy atom. The first-order chi connectivity index (χ1) is 11.5. The molecule has 124 valence electrons. The Hall–Kier alpha value is -2.17. The molecule has 0 fully saturated rings. The Morgan fingerprint density at radius 3 is 2.71 bits per heavy atom. The summed E-state index contributed by atoms with van der Waals surface area (Å²) in [6.45, 7) is 5.65. The quantitative estimate of drug-likeness (QED) is 0.709. The zero-order valence-electron chi connectivity index (χ0n) is 13.8. The van der Waals surface area contributed by atoms with Gasteiger partial charge in [0.25, 0.3) is 5.56 Å². The van der Waals surface area contributed by atoms with Gasteiger partial charge in [-0.05, 0) is 43.7 Å². The number of aromatic nitrogens is 2. The third-order valence-electron chi connectivity index (χ3n) is 3.99. The highest BCUT2D eigenvalue weighted by Crippen LogP contribution is 2.16. The fourth-order valence-electron chi connectivity index (χ4n) is 2.68. The minimum atomic E-state index is -0.0536. The Labute approximate surface area is 146 Å². The number of pyridine rings is 1. The molecule has 0 aliphatic carbocycles. The van der Waals surface area contributed by atoms with Gasteiger partial charge in [-0.25, -0.2) is 4.98 Å². The van der Waals surface area contributed by atoms with E-state index in [4.69, 9.17) is 11.6 Å². The summed E-state index contributed by atoms with van der Waals surface area (Å²) in [6.07, 6.45) is 1.74. The molecule has 0 aliphatic rings. The molecule has 1 aromatic carbocycles. The Morgan fingerprint density at radius 2 is 1.96 bits per heavy atom. The van der Waals surface area contributed by atoms with Crippen molar-refractivity contribution < 1.29 is 0 Å². The van der Waals surface area contributed by atoms with Crippen LogP contribution in [0.5, 0.6) is 0 Å².